The molecule has 1 aromatic heterocycles. The van der Waals surface area contributed by atoms with Gasteiger partial charge in [-0.3, -0.25) is 0 Å². The van der Waals surface area contributed by atoms with Gasteiger partial charge in [0, 0.05) is 0 Å². The van der Waals surface area contributed by atoms with E-state index in [-0.39, 0.29) is 0 Å². The summed E-state index contributed by atoms with van der Waals surface area (Å²) >= 11 is 0. The molecule has 0 saturated carbocycles. The van der Waals surface area contributed by atoms with Crippen LogP contribution >= 0.6 is 0 Å². The standard InChI is InChI=1S/C9H13N3/c1-6-3-2-4-8-7(6)5-9(10)12-11-8/h5-6H,2-4H2,1H3,(H2,10,12). The molecule has 0 saturated heterocycles. The van der Waals surface area contributed by atoms with Crippen LogP contribution in [0.4, 0.5) is 5.82 Å². The first kappa shape index (κ1) is 7.53. The minimum absolute atomic E-state index is 0.544. The summed E-state index contributed by atoms with van der Waals surface area (Å²) in [6.07, 6.45) is 3.54. The Hall–Kier alpha value is -1.12. The fourth-order valence-electron chi connectivity index (χ4n) is 1.80. The third-order valence-electron chi connectivity index (χ3n) is 2.50. The molecule has 2 rings (SSSR count). The maximum absolute atomic E-state index is 5.57. The van der Waals surface area contributed by atoms with Gasteiger partial charge in [-0.05, 0) is 36.8 Å². The van der Waals surface area contributed by atoms with Crippen molar-refractivity contribution in [1.82, 2.24) is 10.2 Å². The molecular formula is C9H13N3. The van der Waals surface area contributed by atoms with E-state index in [4.69, 9.17) is 5.73 Å². The van der Waals surface area contributed by atoms with Crippen molar-refractivity contribution in [1.29, 1.82) is 0 Å². The molecule has 3 nitrogen and oxygen atoms in total. The average molecular weight is 163 g/mol. The van der Waals surface area contributed by atoms with Gasteiger partial charge in [-0.2, -0.15) is 5.10 Å². The van der Waals surface area contributed by atoms with Crippen LogP contribution < -0.4 is 5.73 Å². The molecule has 1 aromatic rings. The quantitative estimate of drug-likeness (QED) is 0.630. The summed E-state index contributed by atoms with van der Waals surface area (Å²) in [4.78, 5) is 0. The Bertz CT molecular complexity index is 296. The second-order valence-corrected chi connectivity index (χ2v) is 3.46. The molecular weight excluding hydrogens is 150 g/mol. The lowest BCUT2D eigenvalue weighted by Crippen LogP contribution is -2.11. The first-order valence-corrected chi connectivity index (χ1v) is 4.39. The zero-order valence-electron chi connectivity index (χ0n) is 7.25. The largest absolute Gasteiger partial charge is 0.382 e. The number of aryl methyl sites for hydroxylation is 1. The van der Waals surface area contributed by atoms with Gasteiger partial charge in [0.15, 0.2) is 0 Å². The molecule has 0 fully saturated rings. The molecule has 0 radical (unpaired) electrons. The second-order valence-electron chi connectivity index (χ2n) is 3.46. The fourth-order valence-corrected chi connectivity index (χ4v) is 1.80. The molecule has 1 aliphatic carbocycles. The molecule has 0 amide bonds. The Morgan fingerprint density at radius 1 is 1.50 bits per heavy atom. The van der Waals surface area contributed by atoms with Crippen LogP contribution in [0.3, 0.4) is 0 Å². The normalized spacial score (nSPS) is 21.9. The topological polar surface area (TPSA) is 51.8 Å². The first-order chi connectivity index (χ1) is 5.77. The van der Waals surface area contributed by atoms with Crippen molar-refractivity contribution in [3.05, 3.63) is 17.3 Å². The molecule has 0 aliphatic heterocycles. The highest BCUT2D eigenvalue weighted by Crippen LogP contribution is 2.29. The highest BCUT2D eigenvalue weighted by molar-refractivity contribution is 5.36. The van der Waals surface area contributed by atoms with E-state index in [1.165, 1.54) is 18.4 Å². The number of hydrogen-bond donors (Lipinski definition) is 1. The summed E-state index contributed by atoms with van der Waals surface area (Å²) in [5.74, 6) is 1.15. The van der Waals surface area contributed by atoms with Gasteiger partial charge in [0.1, 0.15) is 5.82 Å². The van der Waals surface area contributed by atoms with E-state index in [2.05, 4.69) is 17.1 Å². The first-order valence-electron chi connectivity index (χ1n) is 4.39. The number of aromatic nitrogens is 2. The highest BCUT2D eigenvalue weighted by Gasteiger charge is 2.17. The van der Waals surface area contributed by atoms with Crippen molar-refractivity contribution < 1.29 is 0 Å². The molecule has 1 atom stereocenters. The summed E-state index contributed by atoms with van der Waals surface area (Å²) in [6, 6.07) is 1.96. The maximum Gasteiger partial charge on any atom is 0.146 e. The molecule has 0 bridgehead atoms. The highest BCUT2D eigenvalue weighted by atomic mass is 15.1. The van der Waals surface area contributed by atoms with Crippen LogP contribution in [0.15, 0.2) is 6.07 Å². The van der Waals surface area contributed by atoms with Crippen molar-refractivity contribution >= 4 is 5.82 Å². The van der Waals surface area contributed by atoms with Crippen molar-refractivity contribution in [3.8, 4) is 0 Å². The SMILES string of the molecule is CC1CCCc2nnc(N)cc21. The summed E-state index contributed by atoms with van der Waals surface area (Å²) < 4.78 is 0. The van der Waals surface area contributed by atoms with Crippen molar-refractivity contribution in [2.75, 3.05) is 5.73 Å². The predicted octanol–water partition coefficient (Wildman–Crippen LogP) is 1.50. The van der Waals surface area contributed by atoms with Gasteiger partial charge in [0.05, 0.1) is 5.69 Å². The van der Waals surface area contributed by atoms with E-state index in [1.807, 2.05) is 6.07 Å². The Morgan fingerprint density at radius 3 is 3.17 bits per heavy atom. The van der Waals surface area contributed by atoms with E-state index in [1.54, 1.807) is 0 Å². The zero-order chi connectivity index (χ0) is 8.55. The molecule has 2 N–H and O–H groups in total. The molecule has 64 valence electrons. The monoisotopic (exact) mass is 163 g/mol. The number of anilines is 1. The molecule has 1 unspecified atom stereocenters. The molecule has 3 heteroatoms. The number of rotatable bonds is 0. The van der Waals surface area contributed by atoms with Gasteiger partial charge in [0.2, 0.25) is 0 Å². The zero-order valence-corrected chi connectivity index (χ0v) is 7.25. The van der Waals surface area contributed by atoms with Crippen molar-refractivity contribution in [2.24, 2.45) is 0 Å². The Balaban J connectivity index is 2.47. The van der Waals surface area contributed by atoms with Crippen LogP contribution in [-0.2, 0) is 6.42 Å². The van der Waals surface area contributed by atoms with Crippen LogP contribution in [-0.4, -0.2) is 10.2 Å². The minimum atomic E-state index is 0.544. The number of fused-ring (bicyclic) bond motifs is 1. The molecule has 0 spiro atoms. The summed E-state index contributed by atoms with van der Waals surface area (Å²) in [7, 11) is 0. The van der Waals surface area contributed by atoms with Gasteiger partial charge in [-0.15, -0.1) is 5.10 Å². The van der Waals surface area contributed by atoms with E-state index in [0.717, 1.165) is 12.1 Å². The predicted molar refractivity (Wildman–Crippen MR) is 47.8 cm³/mol. The third-order valence-corrected chi connectivity index (χ3v) is 2.50. The molecule has 1 heterocycles. The van der Waals surface area contributed by atoms with Gasteiger partial charge in [-0.1, -0.05) is 6.92 Å². The lowest BCUT2D eigenvalue weighted by molar-refractivity contribution is 0.572. The number of nitrogens with two attached hydrogens (primary N) is 1. The second kappa shape index (κ2) is 2.73. The summed E-state index contributed by atoms with van der Waals surface area (Å²) in [5.41, 5.74) is 8.01. The van der Waals surface area contributed by atoms with Crippen LogP contribution in [0.5, 0.6) is 0 Å². The maximum atomic E-state index is 5.57. The minimum Gasteiger partial charge on any atom is -0.382 e. The number of nitrogens with zero attached hydrogens (tertiary/aromatic N) is 2. The Morgan fingerprint density at radius 2 is 2.33 bits per heavy atom. The average Bonchev–Trinajstić information content (AvgIpc) is 2.07. The molecule has 12 heavy (non-hydrogen) atoms. The van der Waals surface area contributed by atoms with Gasteiger partial charge < -0.3 is 5.73 Å². The summed E-state index contributed by atoms with van der Waals surface area (Å²) in [5, 5.41) is 7.95. The van der Waals surface area contributed by atoms with Crippen LogP contribution in [0.1, 0.15) is 36.9 Å². The number of nitrogen functional groups attached to an aromatic ring is 1. The van der Waals surface area contributed by atoms with Gasteiger partial charge in [-0.25, -0.2) is 0 Å². The van der Waals surface area contributed by atoms with Crippen LogP contribution in [0, 0.1) is 0 Å². The molecule has 0 aromatic carbocycles. The molecule has 1 aliphatic rings. The lowest BCUT2D eigenvalue weighted by atomic mass is 9.87. The lowest BCUT2D eigenvalue weighted by Gasteiger charge is -2.20. The number of hydrogen-bond acceptors (Lipinski definition) is 3. The van der Waals surface area contributed by atoms with Crippen LogP contribution in [0.2, 0.25) is 0 Å². The van der Waals surface area contributed by atoms with E-state index >= 15 is 0 Å². The van der Waals surface area contributed by atoms with Crippen molar-refractivity contribution in [2.45, 2.75) is 32.1 Å². The third kappa shape index (κ3) is 1.15. The van der Waals surface area contributed by atoms with E-state index < -0.39 is 0 Å². The fraction of sp³-hybridized carbons (Fsp3) is 0.556. The summed E-state index contributed by atoms with van der Waals surface area (Å²) in [6.45, 7) is 2.22. The van der Waals surface area contributed by atoms with Crippen molar-refractivity contribution in [3.63, 3.8) is 0 Å². The van der Waals surface area contributed by atoms with Crippen LogP contribution in [0.25, 0.3) is 0 Å². The Kier molecular flexibility index (Phi) is 1.71. The van der Waals surface area contributed by atoms with Gasteiger partial charge in [0.25, 0.3) is 0 Å². The van der Waals surface area contributed by atoms with E-state index in [0.29, 0.717) is 11.7 Å². The van der Waals surface area contributed by atoms with Gasteiger partial charge >= 0.3 is 0 Å². The Labute approximate surface area is 72.0 Å². The van der Waals surface area contributed by atoms with E-state index in [9.17, 15) is 0 Å². The smallest absolute Gasteiger partial charge is 0.146 e.